The SMILES string of the molecule is CCCCC/C=C\C/C=C\CCCCCCC(C(=O)O)C(CCCCCCCC)C(=O)O. The molecule has 0 aromatic heterocycles. The third kappa shape index (κ3) is 18.0. The van der Waals surface area contributed by atoms with Crippen molar-refractivity contribution in [3.63, 3.8) is 0 Å². The average molecular weight is 451 g/mol. The molecule has 0 aliphatic rings. The summed E-state index contributed by atoms with van der Waals surface area (Å²) in [6, 6.07) is 0. The van der Waals surface area contributed by atoms with Gasteiger partial charge in [0.05, 0.1) is 11.8 Å². The van der Waals surface area contributed by atoms with Crippen molar-refractivity contribution in [3.05, 3.63) is 24.3 Å². The fourth-order valence-corrected chi connectivity index (χ4v) is 4.14. The number of aliphatic carboxylic acids is 2. The minimum Gasteiger partial charge on any atom is -0.481 e. The Hall–Kier alpha value is -1.58. The van der Waals surface area contributed by atoms with E-state index in [2.05, 4.69) is 38.2 Å². The second-order valence-electron chi connectivity index (χ2n) is 9.11. The van der Waals surface area contributed by atoms with Crippen molar-refractivity contribution >= 4 is 11.9 Å². The molecule has 0 rings (SSSR count). The molecule has 186 valence electrons. The topological polar surface area (TPSA) is 74.6 Å². The van der Waals surface area contributed by atoms with Crippen LogP contribution < -0.4 is 0 Å². The van der Waals surface area contributed by atoms with Gasteiger partial charge in [0, 0.05) is 0 Å². The van der Waals surface area contributed by atoms with E-state index in [1.165, 1.54) is 44.9 Å². The highest BCUT2D eigenvalue weighted by Gasteiger charge is 2.32. The Labute approximate surface area is 197 Å². The van der Waals surface area contributed by atoms with Gasteiger partial charge in [-0.3, -0.25) is 9.59 Å². The Kier molecular flexibility index (Phi) is 21.5. The maximum atomic E-state index is 11.7. The molecule has 0 amide bonds. The first kappa shape index (κ1) is 30.4. The first-order valence-electron chi connectivity index (χ1n) is 13.3. The summed E-state index contributed by atoms with van der Waals surface area (Å²) < 4.78 is 0. The highest BCUT2D eigenvalue weighted by molar-refractivity contribution is 5.79. The molecule has 4 heteroatoms. The first-order chi connectivity index (χ1) is 15.5. The van der Waals surface area contributed by atoms with Crippen molar-refractivity contribution in [1.29, 1.82) is 0 Å². The van der Waals surface area contributed by atoms with Crippen LogP contribution in [-0.2, 0) is 9.59 Å². The molecular weight excluding hydrogens is 400 g/mol. The Morgan fingerprint density at radius 3 is 1.41 bits per heavy atom. The predicted octanol–water partition coefficient (Wildman–Crippen LogP) is 8.56. The van der Waals surface area contributed by atoms with Crippen LogP contribution in [0.4, 0.5) is 0 Å². The molecule has 0 radical (unpaired) electrons. The van der Waals surface area contributed by atoms with Gasteiger partial charge in [0.1, 0.15) is 0 Å². The van der Waals surface area contributed by atoms with Crippen molar-refractivity contribution < 1.29 is 19.8 Å². The number of hydrogen-bond acceptors (Lipinski definition) is 2. The molecule has 0 aliphatic heterocycles. The molecule has 0 fully saturated rings. The highest BCUT2D eigenvalue weighted by atomic mass is 16.4. The molecule has 0 saturated carbocycles. The zero-order chi connectivity index (χ0) is 23.9. The molecule has 4 nitrogen and oxygen atoms in total. The second kappa shape index (κ2) is 22.6. The molecule has 0 saturated heterocycles. The molecule has 0 aromatic carbocycles. The quantitative estimate of drug-likeness (QED) is 0.121. The van der Waals surface area contributed by atoms with Crippen molar-refractivity contribution in [2.45, 2.75) is 129 Å². The summed E-state index contributed by atoms with van der Waals surface area (Å²) in [5.74, 6) is -3.41. The minimum absolute atomic E-state index is 0.473. The standard InChI is InChI=1S/C28H50O4/c1-3-5-7-9-11-12-13-14-15-16-17-18-20-22-24-26(28(31)32)25(27(29)30)23-21-19-10-8-6-4-2/h11-12,14-15,25-26H,3-10,13,16-24H2,1-2H3,(H,29,30)(H,31,32)/b12-11-,15-14-. The average Bonchev–Trinajstić information content (AvgIpc) is 2.76. The van der Waals surface area contributed by atoms with Crippen LogP contribution in [0, 0.1) is 11.8 Å². The predicted molar refractivity (Wildman–Crippen MR) is 135 cm³/mol. The number of carboxylic acids is 2. The molecule has 2 unspecified atom stereocenters. The van der Waals surface area contributed by atoms with Gasteiger partial charge in [0.25, 0.3) is 0 Å². The maximum absolute atomic E-state index is 11.7. The zero-order valence-corrected chi connectivity index (χ0v) is 20.9. The van der Waals surface area contributed by atoms with E-state index in [4.69, 9.17) is 0 Å². The zero-order valence-electron chi connectivity index (χ0n) is 20.9. The molecular formula is C28H50O4. The number of unbranched alkanes of at least 4 members (excludes halogenated alkanes) is 12. The molecule has 0 aliphatic carbocycles. The smallest absolute Gasteiger partial charge is 0.307 e. The summed E-state index contributed by atoms with van der Waals surface area (Å²) in [7, 11) is 0. The maximum Gasteiger partial charge on any atom is 0.307 e. The van der Waals surface area contributed by atoms with E-state index >= 15 is 0 Å². The Morgan fingerprint density at radius 2 is 0.938 bits per heavy atom. The summed E-state index contributed by atoms with van der Waals surface area (Å²) in [5, 5.41) is 19.2. The summed E-state index contributed by atoms with van der Waals surface area (Å²) >= 11 is 0. The van der Waals surface area contributed by atoms with E-state index in [0.717, 1.165) is 57.8 Å². The summed E-state index contributed by atoms with van der Waals surface area (Å²) in [4.78, 5) is 23.4. The molecule has 0 spiro atoms. The van der Waals surface area contributed by atoms with Gasteiger partial charge in [-0.1, -0.05) is 109 Å². The number of allylic oxidation sites excluding steroid dienone is 4. The van der Waals surface area contributed by atoms with Crippen LogP contribution in [0.25, 0.3) is 0 Å². The number of carbonyl (C=O) groups is 2. The largest absolute Gasteiger partial charge is 0.481 e. The molecule has 32 heavy (non-hydrogen) atoms. The fourth-order valence-electron chi connectivity index (χ4n) is 4.14. The van der Waals surface area contributed by atoms with Gasteiger partial charge in [-0.15, -0.1) is 0 Å². The number of hydrogen-bond donors (Lipinski definition) is 2. The third-order valence-electron chi connectivity index (χ3n) is 6.20. The lowest BCUT2D eigenvalue weighted by Gasteiger charge is -2.20. The molecule has 2 atom stereocenters. The lowest BCUT2D eigenvalue weighted by atomic mass is 9.84. The van der Waals surface area contributed by atoms with Crippen molar-refractivity contribution in [2.75, 3.05) is 0 Å². The highest BCUT2D eigenvalue weighted by Crippen LogP contribution is 2.26. The number of carboxylic acid groups (broad SMARTS) is 2. The van der Waals surface area contributed by atoms with E-state index < -0.39 is 23.8 Å². The first-order valence-corrected chi connectivity index (χ1v) is 13.3. The van der Waals surface area contributed by atoms with Crippen molar-refractivity contribution in [2.24, 2.45) is 11.8 Å². The van der Waals surface area contributed by atoms with Crippen LogP contribution in [0.1, 0.15) is 129 Å². The molecule has 0 bridgehead atoms. The van der Waals surface area contributed by atoms with Crippen LogP contribution in [0.5, 0.6) is 0 Å². The molecule has 0 heterocycles. The lowest BCUT2D eigenvalue weighted by molar-refractivity contribution is -0.154. The third-order valence-corrected chi connectivity index (χ3v) is 6.20. The van der Waals surface area contributed by atoms with E-state index in [1.807, 2.05) is 0 Å². The van der Waals surface area contributed by atoms with E-state index in [1.54, 1.807) is 0 Å². The lowest BCUT2D eigenvalue weighted by Crippen LogP contribution is -2.30. The van der Waals surface area contributed by atoms with Crippen LogP contribution in [0.2, 0.25) is 0 Å². The van der Waals surface area contributed by atoms with Crippen LogP contribution >= 0.6 is 0 Å². The summed E-state index contributed by atoms with van der Waals surface area (Å²) in [6.45, 7) is 4.39. The second-order valence-corrected chi connectivity index (χ2v) is 9.11. The minimum atomic E-state index is -0.950. The van der Waals surface area contributed by atoms with Gasteiger partial charge < -0.3 is 10.2 Å². The molecule has 2 N–H and O–H groups in total. The van der Waals surface area contributed by atoms with Crippen LogP contribution in [0.15, 0.2) is 24.3 Å². The van der Waals surface area contributed by atoms with Gasteiger partial charge >= 0.3 is 11.9 Å². The van der Waals surface area contributed by atoms with Crippen LogP contribution in [0.3, 0.4) is 0 Å². The van der Waals surface area contributed by atoms with Gasteiger partial charge in [-0.25, -0.2) is 0 Å². The monoisotopic (exact) mass is 450 g/mol. The Morgan fingerprint density at radius 1 is 0.562 bits per heavy atom. The van der Waals surface area contributed by atoms with Crippen LogP contribution in [-0.4, -0.2) is 22.2 Å². The number of rotatable bonds is 23. The van der Waals surface area contributed by atoms with Gasteiger partial charge in [0.2, 0.25) is 0 Å². The normalized spacial score (nSPS) is 13.7. The summed E-state index contributed by atoms with van der Waals surface area (Å²) in [5.41, 5.74) is 0. The summed E-state index contributed by atoms with van der Waals surface area (Å²) in [6.07, 6.45) is 27.5. The van der Waals surface area contributed by atoms with Crippen molar-refractivity contribution in [1.82, 2.24) is 0 Å². The van der Waals surface area contributed by atoms with E-state index in [9.17, 15) is 19.8 Å². The molecule has 0 aromatic rings. The van der Waals surface area contributed by atoms with Gasteiger partial charge in [0.15, 0.2) is 0 Å². The Balaban J connectivity index is 4.01. The van der Waals surface area contributed by atoms with E-state index in [0.29, 0.717) is 12.8 Å². The van der Waals surface area contributed by atoms with E-state index in [-0.39, 0.29) is 0 Å². The van der Waals surface area contributed by atoms with Crippen molar-refractivity contribution in [3.8, 4) is 0 Å². The fraction of sp³-hybridized carbons (Fsp3) is 0.786. The van der Waals surface area contributed by atoms with Gasteiger partial charge in [-0.2, -0.15) is 0 Å². The Bertz CT molecular complexity index is 510. The van der Waals surface area contributed by atoms with Gasteiger partial charge in [-0.05, 0) is 44.9 Å².